The van der Waals surface area contributed by atoms with Crippen LogP contribution in [0.1, 0.15) is 17.3 Å². The zero-order chi connectivity index (χ0) is 13.5. The molecule has 1 atom stereocenters. The van der Waals surface area contributed by atoms with Crippen LogP contribution in [0.15, 0.2) is 24.3 Å². The Morgan fingerprint density at radius 1 is 1.26 bits per heavy atom. The van der Waals surface area contributed by atoms with Gasteiger partial charge in [0.2, 0.25) is 0 Å². The number of nitrogens with two attached hydrogens (primary N) is 1. The van der Waals surface area contributed by atoms with Crippen molar-refractivity contribution in [2.75, 3.05) is 18.9 Å². The monoisotopic (exact) mass is 286 g/mol. The Kier molecular flexibility index (Phi) is 7.55. The number of primary amides is 1. The van der Waals surface area contributed by atoms with Gasteiger partial charge in [0.15, 0.2) is 0 Å². The second kappa shape index (κ2) is 8.34. The van der Waals surface area contributed by atoms with Crippen molar-refractivity contribution in [3.8, 4) is 0 Å². The van der Waals surface area contributed by atoms with E-state index in [9.17, 15) is 9.59 Å². The van der Waals surface area contributed by atoms with Crippen LogP contribution in [0.25, 0.3) is 0 Å². The number of amides is 3. The number of nitrogens with one attached hydrogen (secondary N) is 3. The molecule has 7 heteroatoms. The van der Waals surface area contributed by atoms with Gasteiger partial charge in [-0.25, -0.2) is 4.79 Å². The molecule has 0 bridgehead atoms. The highest BCUT2D eigenvalue weighted by Crippen LogP contribution is 2.09. The number of halogens is 1. The summed E-state index contributed by atoms with van der Waals surface area (Å²) in [5, 5.41) is 8.25. The number of rotatable bonds is 5. The van der Waals surface area contributed by atoms with E-state index in [0.717, 1.165) is 0 Å². The molecule has 0 radical (unpaired) electrons. The van der Waals surface area contributed by atoms with Gasteiger partial charge in [-0.2, -0.15) is 0 Å². The Morgan fingerprint density at radius 2 is 1.84 bits per heavy atom. The summed E-state index contributed by atoms with van der Waals surface area (Å²) >= 11 is 0. The molecule has 0 spiro atoms. The van der Waals surface area contributed by atoms with Gasteiger partial charge < -0.3 is 21.7 Å². The van der Waals surface area contributed by atoms with Gasteiger partial charge in [-0.3, -0.25) is 4.79 Å². The fourth-order valence-corrected chi connectivity index (χ4v) is 1.30. The predicted octanol–water partition coefficient (Wildman–Crippen LogP) is 0.937. The van der Waals surface area contributed by atoms with E-state index in [1.165, 1.54) is 0 Å². The van der Waals surface area contributed by atoms with Crippen LogP contribution in [0.4, 0.5) is 10.5 Å². The maximum atomic E-state index is 11.7. The van der Waals surface area contributed by atoms with E-state index in [-0.39, 0.29) is 24.4 Å². The van der Waals surface area contributed by atoms with Crippen molar-refractivity contribution in [2.24, 2.45) is 5.73 Å². The first-order valence-corrected chi connectivity index (χ1v) is 5.65. The molecular formula is C12H19ClN4O2. The van der Waals surface area contributed by atoms with Crippen molar-refractivity contribution in [1.29, 1.82) is 0 Å². The second-order valence-electron chi connectivity index (χ2n) is 3.97. The molecule has 3 amide bonds. The molecule has 1 aromatic carbocycles. The van der Waals surface area contributed by atoms with Gasteiger partial charge in [0.1, 0.15) is 0 Å². The highest BCUT2D eigenvalue weighted by molar-refractivity contribution is 5.95. The number of hydrogen-bond donors (Lipinski definition) is 4. The van der Waals surface area contributed by atoms with Gasteiger partial charge in [-0.15, -0.1) is 12.4 Å². The molecule has 0 fully saturated rings. The largest absolute Gasteiger partial charge is 0.351 e. The molecule has 0 aliphatic carbocycles. The minimum absolute atomic E-state index is 0. The van der Waals surface area contributed by atoms with E-state index in [1.54, 1.807) is 24.3 Å². The Bertz CT molecular complexity index is 422. The summed E-state index contributed by atoms with van der Waals surface area (Å²) in [6.45, 7) is 2.52. The third-order valence-corrected chi connectivity index (χ3v) is 2.48. The lowest BCUT2D eigenvalue weighted by atomic mass is 10.2. The van der Waals surface area contributed by atoms with E-state index in [2.05, 4.69) is 16.0 Å². The lowest BCUT2D eigenvalue weighted by molar-refractivity contribution is 0.0950. The van der Waals surface area contributed by atoms with Crippen LogP contribution in [0.5, 0.6) is 0 Å². The van der Waals surface area contributed by atoms with Crippen LogP contribution in [0.3, 0.4) is 0 Å². The molecular weight excluding hydrogens is 268 g/mol. The van der Waals surface area contributed by atoms with E-state index in [1.807, 2.05) is 14.0 Å². The maximum absolute atomic E-state index is 11.7. The number of carbonyl (C=O) groups is 2. The third kappa shape index (κ3) is 6.08. The van der Waals surface area contributed by atoms with Gasteiger partial charge >= 0.3 is 6.03 Å². The number of urea groups is 1. The normalized spacial score (nSPS) is 11.1. The highest BCUT2D eigenvalue weighted by Gasteiger charge is 2.06. The molecule has 106 valence electrons. The van der Waals surface area contributed by atoms with Crippen molar-refractivity contribution < 1.29 is 9.59 Å². The van der Waals surface area contributed by atoms with E-state index in [4.69, 9.17) is 5.73 Å². The number of likely N-dealkylation sites (N-methyl/N-ethyl adjacent to an activating group) is 1. The number of hydrogen-bond acceptors (Lipinski definition) is 3. The van der Waals surface area contributed by atoms with Gasteiger partial charge in [-0.1, -0.05) is 0 Å². The van der Waals surface area contributed by atoms with Crippen molar-refractivity contribution in [3.63, 3.8) is 0 Å². The summed E-state index contributed by atoms with van der Waals surface area (Å²) in [6.07, 6.45) is 0. The van der Waals surface area contributed by atoms with Crippen LogP contribution in [-0.2, 0) is 0 Å². The summed E-state index contributed by atoms with van der Waals surface area (Å²) < 4.78 is 0. The van der Waals surface area contributed by atoms with E-state index in [0.29, 0.717) is 17.8 Å². The zero-order valence-electron chi connectivity index (χ0n) is 10.9. The standard InChI is InChI=1S/C12H18N4O2.ClH/c1-8(14-2)7-15-11(17)9-3-5-10(6-4-9)16-12(13)18;/h3-6,8,14H,7H2,1-2H3,(H,15,17)(H3,13,16,18);1H. The average Bonchev–Trinajstić information content (AvgIpc) is 2.35. The molecule has 19 heavy (non-hydrogen) atoms. The molecule has 5 N–H and O–H groups in total. The van der Waals surface area contributed by atoms with Gasteiger partial charge in [0.05, 0.1) is 0 Å². The second-order valence-corrected chi connectivity index (χ2v) is 3.97. The van der Waals surface area contributed by atoms with Crippen LogP contribution < -0.4 is 21.7 Å². The molecule has 0 heterocycles. The van der Waals surface area contributed by atoms with E-state index < -0.39 is 6.03 Å². The Hall–Kier alpha value is -1.79. The van der Waals surface area contributed by atoms with Crippen molar-refractivity contribution in [2.45, 2.75) is 13.0 Å². The minimum atomic E-state index is -0.630. The van der Waals surface area contributed by atoms with Crippen LogP contribution in [-0.4, -0.2) is 31.6 Å². The topological polar surface area (TPSA) is 96.2 Å². The summed E-state index contributed by atoms with van der Waals surface area (Å²) in [4.78, 5) is 22.4. The Morgan fingerprint density at radius 3 is 2.32 bits per heavy atom. The van der Waals surface area contributed by atoms with Crippen LogP contribution >= 0.6 is 12.4 Å². The molecule has 6 nitrogen and oxygen atoms in total. The predicted molar refractivity (Wildman–Crippen MR) is 77.8 cm³/mol. The number of anilines is 1. The molecule has 1 unspecified atom stereocenters. The summed E-state index contributed by atoms with van der Waals surface area (Å²) in [6, 6.07) is 6.09. The van der Waals surface area contributed by atoms with Crippen LogP contribution in [0, 0.1) is 0 Å². The lowest BCUT2D eigenvalue weighted by Gasteiger charge is -2.11. The quantitative estimate of drug-likeness (QED) is 0.648. The fraction of sp³-hybridized carbons (Fsp3) is 0.333. The van der Waals surface area contributed by atoms with Crippen molar-refractivity contribution >= 4 is 30.0 Å². The smallest absolute Gasteiger partial charge is 0.316 e. The molecule has 0 saturated heterocycles. The molecule has 0 aliphatic heterocycles. The average molecular weight is 287 g/mol. The van der Waals surface area contributed by atoms with Gasteiger partial charge in [0, 0.05) is 23.8 Å². The molecule has 0 aliphatic rings. The number of carbonyl (C=O) groups excluding carboxylic acids is 2. The van der Waals surface area contributed by atoms with Gasteiger partial charge in [0.25, 0.3) is 5.91 Å². The Balaban J connectivity index is 0.00000324. The highest BCUT2D eigenvalue weighted by atomic mass is 35.5. The first kappa shape index (κ1) is 17.2. The molecule has 1 aromatic rings. The minimum Gasteiger partial charge on any atom is -0.351 e. The summed E-state index contributed by atoms with van der Waals surface area (Å²) in [5.74, 6) is -0.150. The molecule has 0 aromatic heterocycles. The van der Waals surface area contributed by atoms with Gasteiger partial charge in [-0.05, 0) is 38.2 Å². The van der Waals surface area contributed by atoms with Crippen molar-refractivity contribution in [1.82, 2.24) is 10.6 Å². The molecule has 0 saturated carbocycles. The lowest BCUT2D eigenvalue weighted by Crippen LogP contribution is -2.37. The summed E-state index contributed by atoms with van der Waals surface area (Å²) in [5.41, 5.74) is 6.08. The zero-order valence-corrected chi connectivity index (χ0v) is 11.7. The summed E-state index contributed by atoms with van der Waals surface area (Å²) in [7, 11) is 1.83. The Labute approximate surface area is 118 Å². The first-order chi connectivity index (χ1) is 8.52. The van der Waals surface area contributed by atoms with Crippen LogP contribution in [0.2, 0.25) is 0 Å². The van der Waals surface area contributed by atoms with Crippen molar-refractivity contribution in [3.05, 3.63) is 29.8 Å². The molecule has 1 rings (SSSR count). The first-order valence-electron chi connectivity index (χ1n) is 5.65. The fourth-order valence-electron chi connectivity index (χ4n) is 1.30. The number of benzene rings is 1. The van der Waals surface area contributed by atoms with E-state index >= 15 is 0 Å². The third-order valence-electron chi connectivity index (χ3n) is 2.48. The maximum Gasteiger partial charge on any atom is 0.316 e. The SMILES string of the molecule is CNC(C)CNC(=O)c1ccc(NC(N)=O)cc1.Cl.